The summed E-state index contributed by atoms with van der Waals surface area (Å²) in [6.45, 7) is 0.959. The van der Waals surface area contributed by atoms with Gasteiger partial charge < -0.3 is 5.32 Å². The molecule has 1 atom stereocenters. The average Bonchev–Trinajstić information content (AvgIpc) is 2.32. The lowest BCUT2D eigenvalue weighted by molar-refractivity contribution is -0.120. The lowest BCUT2D eigenvalue weighted by Gasteiger charge is -2.11. The molecule has 1 aliphatic rings. The Hall–Kier alpha value is -0.810. The van der Waals surface area contributed by atoms with Crippen molar-refractivity contribution in [2.75, 3.05) is 6.54 Å². The highest BCUT2D eigenvalue weighted by Gasteiger charge is 2.17. The van der Waals surface area contributed by atoms with Crippen molar-refractivity contribution in [1.82, 2.24) is 5.32 Å². The summed E-state index contributed by atoms with van der Waals surface area (Å²) < 4.78 is 0. The standard InChI is InChI=1S/C10H15NO/c1-2-6-10(12)9-7-4-3-5-8-11-9/h1,9,11H,3-8H2. The summed E-state index contributed by atoms with van der Waals surface area (Å²) in [4.78, 5) is 11.3. The summed E-state index contributed by atoms with van der Waals surface area (Å²) in [7, 11) is 0. The van der Waals surface area contributed by atoms with Gasteiger partial charge >= 0.3 is 0 Å². The van der Waals surface area contributed by atoms with Crippen LogP contribution in [0.4, 0.5) is 0 Å². The van der Waals surface area contributed by atoms with E-state index in [0.29, 0.717) is 0 Å². The van der Waals surface area contributed by atoms with Gasteiger partial charge in [0.2, 0.25) is 0 Å². The first-order chi connectivity index (χ1) is 5.84. The molecule has 0 amide bonds. The normalized spacial score (nSPS) is 24.1. The third-order valence-corrected chi connectivity index (χ3v) is 2.23. The van der Waals surface area contributed by atoms with Crippen LogP contribution in [0.25, 0.3) is 0 Å². The number of rotatable bonds is 2. The van der Waals surface area contributed by atoms with Gasteiger partial charge in [-0.15, -0.1) is 6.42 Å². The highest BCUT2D eigenvalue weighted by molar-refractivity contribution is 5.85. The summed E-state index contributed by atoms with van der Waals surface area (Å²) >= 11 is 0. The second-order valence-corrected chi connectivity index (χ2v) is 3.20. The van der Waals surface area contributed by atoms with Gasteiger partial charge in [0.25, 0.3) is 0 Å². The Morgan fingerprint density at radius 2 is 2.33 bits per heavy atom. The Morgan fingerprint density at radius 3 is 3.08 bits per heavy atom. The molecule has 66 valence electrons. The summed E-state index contributed by atoms with van der Waals surface area (Å²) in [6.07, 6.45) is 9.87. The Kier molecular flexibility index (Phi) is 3.83. The summed E-state index contributed by atoms with van der Waals surface area (Å²) in [5.41, 5.74) is 0. The molecule has 0 radical (unpaired) electrons. The van der Waals surface area contributed by atoms with Crippen LogP contribution in [0.15, 0.2) is 0 Å². The molecule has 1 N–H and O–H groups in total. The van der Waals surface area contributed by atoms with Crippen LogP contribution in [0, 0.1) is 12.3 Å². The number of hydrogen-bond donors (Lipinski definition) is 1. The van der Waals surface area contributed by atoms with E-state index in [0.717, 1.165) is 19.4 Å². The maximum atomic E-state index is 11.3. The van der Waals surface area contributed by atoms with E-state index in [2.05, 4.69) is 11.2 Å². The zero-order valence-electron chi connectivity index (χ0n) is 7.31. The van der Waals surface area contributed by atoms with Crippen molar-refractivity contribution in [3.8, 4) is 12.3 Å². The zero-order valence-corrected chi connectivity index (χ0v) is 7.31. The lowest BCUT2D eigenvalue weighted by Crippen LogP contribution is -2.35. The van der Waals surface area contributed by atoms with E-state index >= 15 is 0 Å². The minimum atomic E-state index is 0.0311. The Labute approximate surface area is 73.7 Å². The van der Waals surface area contributed by atoms with E-state index in [4.69, 9.17) is 6.42 Å². The molecule has 0 saturated carbocycles. The number of carbonyl (C=O) groups is 1. The fraction of sp³-hybridized carbons (Fsp3) is 0.700. The number of carbonyl (C=O) groups excluding carboxylic acids is 1. The Bertz CT molecular complexity index is 185. The predicted octanol–water partition coefficient (Wildman–Crippen LogP) is 1.11. The molecule has 1 saturated heterocycles. The molecular weight excluding hydrogens is 150 g/mol. The van der Waals surface area contributed by atoms with Crippen LogP contribution in [0.3, 0.4) is 0 Å². The molecule has 0 aromatic carbocycles. The van der Waals surface area contributed by atoms with Crippen molar-refractivity contribution in [3.63, 3.8) is 0 Å². The van der Waals surface area contributed by atoms with E-state index in [9.17, 15) is 4.79 Å². The van der Waals surface area contributed by atoms with Gasteiger partial charge in [-0.1, -0.05) is 18.8 Å². The number of Topliss-reactive ketones (excluding diaryl/α,β-unsaturated/α-hetero) is 1. The van der Waals surface area contributed by atoms with E-state index in [-0.39, 0.29) is 18.2 Å². The largest absolute Gasteiger partial charge is 0.307 e. The van der Waals surface area contributed by atoms with Crippen LogP contribution in [-0.4, -0.2) is 18.4 Å². The van der Waals surface area contributed by atoms with Gasteiger partial charge in [0.05, 0.1) is 12.5 Å². The molecule has 0 aliphatic carbocycles. The molecule has 2 nitrogen and oxygen atoms in total. The number of terminal acetylenes is 1. The molecule has 0 spiro atoms. The smallest absolute Gasteiger partial charge is 0.161 e. The summed E-state index contributed by atoms with van der Waals surface area (Å²) in [5, 5.41) is 3.22. The molecule has 2 heteroatoms. The summed E-state index contributed by atoms with van der Waals surface area (Å²) in [6, 6.07) is 0.0311. The minimum Gasteiger partial charge on any atom is -0.307 e. The maximum absolute atomic E-state index is 11.3. The first-order valence-corrected chi connectivity index (χ1v) is 4.54. The van der Waals surface area contributed by atoms with Gasteiger partial charge in [-0.25, -0.2) is 0 Å². The predicted molar refractivity (Wildman–Crippen MR) is 48.7 cm³/mol. The molecule has 12 heavy (non-hydrogen) atoms. The van der Waals surface area contributed by atoms with E-state index in [1.165, 1.54) is 12.8 Å². The zero-order chi connectivity index (χ0) is 8.81. The van der Waals surface area contributed by atoms with Crippen LogP contribution >= 0.6 is 0 Å². The highest BCUT2D eigenvalue weighted by Crippen LogP contribution is 2.09. The van der Waals surface area contributed by atoms with Gasteiger partial charge in [-0.05, 0) is 19.4 Å². The van der Waals surface area contributed by atoms with Crippen molar-refractivity contribution in [2.24, 2.45) is 0 Å². The second kappa shape index (κ2) is 4.95. The van der Waals surface area contributed by atoms with Gasteiger partial charge in [-0.3, -0.25) is 4.79 Å². The molecule has 0 bridgehead atoms. The van der Waals surface area contributed by atoms with Crippen molar-refractivity contribution < 1.29 is 4.79 Å². The van der Waals surface area contributed by atoms with Gasteiger partial charge in [0.1, 0.15) is 0 Å². The van der Waals surface area contributed by atoms with Crippen LogP contribution in [0.1, 0.15) is 32.1 Å². The number of ketones is 1. The van der Waals surface area contributed by atoms with Crippen molar-refractivity contribution in [1.29, 1.82) is 0 Å². The third-order valence-electron chi connectivity index (χ3n) is 2.23. The monoisotopic (exact) mass is 165 g/mol. The first kappa shape index (κ1) is 9.28. The maximum Gasteiger partial charge on any atom is 0.161 e. The Morgan fingerprint density at radius 1 is 1.50 bits per heavy atom. The van der Waals surface area contributed by atoms with Crippen molar-refractivity contribution >= 4 is 5.78 Å². The summed E-state index contributed by atoms with van der Waals surface area (Å²) in [5.74, 6) is 2.58. The van der Waals surface area contributed by atoms with Crippen molar-refractivity contribution in [3.05, 3.63) is 0 Å². The SMILES string of the molecule is C#CCC(=O)C1CCCCCN1. The minimum absolute atomic E-state index is 0.0311. The van der Waals surface area contributed by atoms with Crippen LogP contribution in [-0.2, 0) is 4.79 Å². The van der Waals surface area contributed by atoms with E-state index < -0.39 is 0 Å². The van der Waals surface area contributed by atoms with E-state index in [1.807, 2.05) is 0 Å². The topological polar surface area (TPSA) is 29.1 Å². The molecule has 1 rings (SSSR count). The molecule has 0 aromatic heterocycles. The van der Waals surface area contributed by atoms with Gasteiger partial charge in [-0.2, -0.15) is 0 Å². The highest BCUT2D eigenvalue weighted by atomic mass is 16.1. The van der Waals surface area contributed by atoms with Crippen LogP contribution in [0.5, 0.6) is 0 Å². The fourth-order valence-electron chi connectivity index (χ4n) is 1.53. The molecule has 1 heterocycles. The first-order valence-electron chi connectivity index (χ1n) is 4.54. The van der Waals surface area contributed by atoms with E-state index in [1.54, 1.807) is 0 Å². The third kappa shape index (κ3) is 2.67. The number of hydrogen-bond acceptors (Lipinski definition) is 2. The molecule has 1 aliphatic heterocycles. The van der Waals surface area contributed by atoms with Crippen molar-refractivity contribution in [2.45, 2.75) is 38.1 Å². The molecule has 1 fully saturated rings. The second-order valence-electron chi connectivity index (χ2n) is 3.20. The fourth-order valence-corrected chi connectivity index (χ4v) is 1.53. The van der Waals surface area contributed by atoms with Gasteiger partial charge in [0.15, 0.2) is 5.78 Å². The van der Waals surface area contributed by atoms with Crippen LogP contribution in [0.2, 0.25) is 0 Å². The Balaban J connectivity index is 2.38. The molecule has 1 unspecified atom stereocenters. The van der Waals surface area contributed by atoms with Crippen LogP contribution < -0.4 is 5.32 Å². The number of nitrogens with one attached hydrogen (secondary N) is 1. The average molecular weight is 165 g/mol. The van der Waals surface area contributed by atoms with Gasteiger partial charge in [0, 0.05) is 0 Å². The lowest BCUT2D eigenvalue weighted by atomic mass is 10.1. The molecule has 0 aromatic rings. The quantitative estimate of drug-likeness (QED) is 0.621. The molecular formula is C10H15NO.